The summed E-state index contributed by atoms with van der Waals surface area (Å²) in [5, 5.41) is 2.99. The van der Waals surface area contributed by atoms with Crippen molar-refractivity contribution >= 4 is 16.1 Å². The quantitative estimate of drug-likeness (QED) is 0.738. The zero-order valence-corrected chi connectivity index (χ0v) is 18.6. The molecule has 3 rings (SSSR count). The molecule has 1 aliphatic rings. The van der Waals surface area contributed by atoms with Gasteiger partial charge in [0.05, 0.1) is 10.9 Å². The van der Waals surface area contributed by atoms with Crippen LogP contribution in [0.5, 0.6) is 0 Å². The number of benzene rings is 2. The average molecular weight is 431 g/mol. The number of amides is 2. The molecule has 2 amide bonds. The van der Waals surface area contributed by atoms with Gasteiger partial charge in [-0.2, -0.15) is 0 Å². The highest BCUT2D eigenvalue weighted by atomic mass is 32.2. The van der Waals surface area contributed by atoms with Crippen molar-refractivity contribution in [3.05, 3.63) is 65.2 Å². The highest BCUT2D eigenvalue weighted by Gasteiger charge is 2.23. The number of nitrogens with zero attached hydrogens (tertiary/aromatic N) is 2. The van der Waals surface area contributed by atoms with Gasteiger partial charge in [-0.1, -0.05) is 42.0 Å². The largest absolute Gasteiger partial charge is 0.331 e. The predicted molar refractivity (Wildman–Crippen MR) is 118 cm³/mol. The monoisotopic (exact) mass is 430 g/mol. The Morgan fingerprint density at radius 1 is 1.07 bits per heavy atom. The van der Waals surface area contributed by atoms with Crippen molar-refractivity contribution in [3.63, 3.8) is 0 Å². The minimum absolute atomic E-state index is 0.125. The number of aryl methyl sites for hydroxylation is 1. The third-order valence-electron chi connectivity index (χ3n) is 5.43. The number of sulfonamides is 1. The molecule has 2 aromatic rings. The van der Waals surface area contributed by atoms with E-state index in [1.165, 1.54) is 24.2 Å². The van der Waals surface area contributed by atoms with Gasteiger partial charge >= 0.3 is 6.03 Å². The van der Waals surface area contributed by atoms with Crippen LogP contribution < -0.4 is 10.0 Å². The molecule has 1 saturated heterocycles. The molecule has 162 valence electrons. The predicted octanol–water partition coefficient (Wildman–Crippen LogP) is 2.49. The number of piperazine rings is 1. The van der Waals surface area contributed by atoms with Crippen molar-refractivity contribution in [2.45, 2.75) is 31.3 Å². The molecule has 7 nitrogen and oxygen atoms in total. The first-order valence-electron chi connectivity index (χ1n) is 10.2. The van der Waals surface area contributed by atoms with Crippen LogP contribution in [-0.4, -0.2) is 57.5 Å². The van der Waals surface area contributed by atoms with E-state index in [1.807, 2.05) is 17.9 Å². The Balaban J connectivity index is 1.54. The van der Waals surface area contributed by atoms with Gasteiger partial charge in [-0.25, -0.2) is 17.9 Å². The molecule has 1 unspecified atom stereocenters. The summed E-state index contributed by atoms with van der Waals surface area (Å²) in [5.41, 5.74) is 3.29. The third kappa shape index (κ3) is 5.59. The van der Waals surface area contributed by atoms with Crippen LogP contribution in [0, 0.1) is 6.92 Å². The van der Waals surface area contributed by atoms with Gasteiger partial charge in [-0.15, -0.1) is 0 Å². The third-order valence-corrected chi connectivity index (χ3v) is 6.84. The molecule has 0 aliphatic carbocycles. The number of urea groups is 1. The zero-order valence-electron chi connectivity index (χ0n) is 17.8. The highest BCUT2D eigenvalue weighted by molar-refractivity contribution is 7.89. The van der Waals surface area contributed by atoms with Gasteiger partial charge in [-0.05, 0) is 44.2 Å². The molecule has 30 heavy (non-hydrogen) atoms. The van der Waals surface area contributed by atoms with Gasteiger partial charge in [0.1, 0.15) is 0 Å². The zero-order chi connectivity index (χ0) is 21.7. The van der Waals surface area contributed by atoms with Crippen LogP contribution in [0.15, 0.2) is 53.4 Å². The van der Waals surface area contributed by atoms with Crippen LogP contribution in [0.25, 0.3) is 0 Å². The van der Waals surface area contributed by atoms with Crippen molar-refractivity contribution < 1.29 is 13.2 Å². The van der Waals surface area contributed by atoms with Crippen LogP contribution in [0.3, 0.4) is 0 Å². The molecular formula is C22H30N4O3S. The van der Waals surface area contributed by atoms with E-state index in [9.17, 15) is 13.2 Å². The van der Waals surface area contributed by atoms with Gasteiger partial charge in [0.25, 0.3) is 0 Å². The Hall–Kier alpha value is -2.42. The molecule has 0 spiro atoms. The molecule has 0 aromatic heterocycles. The second-order valence-electron chi connectivity index (χ2n) is 7.70. The van der Waals surface area contributed by atoms with Crippen molar-refractivity contribution in [2.24, 2.45) is 0 Å². The molecule has 1 atom stereocenters. The summed E-state index contributed by atoms with van der Waals surface area (Å²) in [7, 11) is -2.14. The minimum Gasteiger partial charge on any atom is -0.331 e. The molecule has 0 bridgehead atoms. The van der Waals surface area contributed by atoms with Crippen molar-refractivity contribution in [2.75, 3.05) is 33.2 Å². The van der Waals surface area contributed by atoms with E-state index in [0.717, 1.165) is 25.2 Å². The lowest BCUT2D eigenvalue weighted by Crippen LogP contribution is -2.51. The lowest BCUT2D eigenvalue weighted by molar-refractivity contribution is 0.133. The summed E-state index contributed by atoms with van der Waals surface area (Å²) in [5.74, 6) is 0. The van der Waals surface area contributed by atoms with E-state index in [1.54, 1.807) is 12.1 Å². The standard InChI is InChI=1S/C22H30N4O3S/c1-17-6-4-7-19(14-17)16-25-10-12-26(13-11-25)22(27)24-18(2)20-8-5-9-21(15-20)30(28,29)23-3/h4-9,14-15,18,23H,10-13,16H2,1-3H3,(H,24,27). The molecule has 1 aliphatic heterocycles. The summed E-state index contributed by atoms with van der Waals surface area (Å²) >= 11 is 0. The van der Waals surface area contributed by atoms with Crippen LogP contribution in [0.1, 0.15) is 29.7 Å². The minimum atomic E-state index is -3.52. The Morgan fingerprint density at radius 2 is 1.77 bits per heavy atom. The van der Waals surface area contributed by atoms with Crippen molar-refractivity contribution in [1.82, 2.24) is 19.8 Å². The molecule has 1 heterocycles. The normalized spacial score (nSPS) is 16.3. The number of nitrogens with one attached hydrogen (secondary N) is 2. The van der Waals surface area contributed by atoms with E-state index in [4.69, 9.17) is 0 Å². The number of hydrogen-bond acceptors (Lipinski definition) is 4. The van der Waals surface area contributed by atoms with Crippen LogP contribution in [0.2, 0.25) is 0 Å². The molecule has 2 N–H and O–H groups in total. The van der Waals surface area contributed by atoms with E-state index in [2.05, 4.69) is 46.1 Å². The Bertz CT molecular complexity index is 985. The van der Waals surface area contributed by atoms with Crippen molar-refractivity contribution in [1.29, 1.82) is 0 Å². The fraction of sp³-hybridized carbons (Fsp3) is 0.409. The van der Waals surface area contributed by atoms with Crippen LogP contribution in [0.4, 0.5) is 4.79 Å². The average Bonchev–Trinajstić information content (AvgIpc) is 2.74. The maximum Gasteiger partial charge on any atom is 0.317 e. The van der Waals surface area contributed by atoms with E-state index in [0.29, 0.717) is 13.1 Å². The number of rotatable bonds is 6. The van der Waals surface area contributed by atoms with Gasteiger partial charge < -0.3 is 10.2 Å². The molecule has 0 radical (unpaired) electrons. The Morgan fingerprint density at radius 3 is 2.43 bits per heavy atom. The first-order valence-corrected chi connectivity index (χ1v) is 11.6. The number of hydrogen-bond donors (Lipinski definition) is 2. The topological polar surface area (TPSA) is 81.8 Å². The highest BCUT2D eigenvalue weighted by Crippen LogP contribution is 2.18. The summed E-state index contributed by atoms with van der Waals surface area (Å²) in [6, 6.07) is 14.7. The molecule has 1 fully saturated rings. The number of carbonyl (C=O) groups is 1. The van der Waals surface area contributed by atoms with Crippen LogP contribution >= 0.6 is 0 Å². The van der Waals surface area contributed by atoms with Gasteiger partial charge in [0.2, 0.25) is 10.0 Å². The lowest BCUT2D eigenvalue weighted by Gasteiger charge is -2.35. The summed E-state index contributed by atoms with van der Waals surface area (Å²) < 4.78 is 26.3. The fourth-order valence-electron chi connectivity index (χ4n) is 3.61. The molecule has 0 saturated carbocycles. The van der Waals surface area contributed by atoms with E-state index in [-0.39, 0.29) is 17.0 Å². The van der Waals surface area contributed by atoms with E-state index < -0.39 is 10.0 Å². The van der Waals surface area contributed by atoms with Gasteiger partial charge in [-0.3, -0.25) is 4.90 Å². The number of carbonyl (C=O) groups excluding carboxylic acids is 1. The Labute approximate surface area is 179 Å². The van der Waals surface area contributed by atoms with Crippen LogP contribution in [-0.2, 0) is 16.6 Å². The molecule has 8 heteroatoms. The first-order chi connectivity index (χ1) is 14.3. The lowest BCUT2D eigenvalue weighted by atomic mass is 10.1. The van der Waals surface area contributed by atoms with E-state index >= 15 is 0 Å². The van der Waals surface area contributed by atoms with Crippen molar-refractivity contribution in [3.8, 4) is 0 Å². The summed E-state index contributed by atoms with van der Waals surface area (Å²) in [6.07, 6.45) is 0. The smallest absolute Gasteiger partial charge is 0.317 e. The maximum absolute atomic E-state index is 12.7. The maximum atomic E-state index is 12.7. The molecular weight excluding hydrogens is 400 g/mol. The first kappa shape index (κ1) is 22.3. The summed E-state index contributed by atoms with van der Waals surface area (Å²) in [6.45, 7) is 7.82. The fourth-order valence-corrected chi connectivity index (χ4v) is 4.39. The van der Waals surface area contributed by atoms with Gasteiger partial charge in [0, 0.05) is 32.7 Å². The molecule has 2 aromatic carbocycles. The second-order valence-corrected chi connectivity index (χ2v) is 9.59. The summed E-state index contributed by atoms with van der Waals surface area (Å²) in [4.78, 5) is 17.1. The SMILES string of the molecule is CNS(=O)(=O)c1cccc(C(C)NC(=O)N2CCN(Cc3cccc(C)c3)CC2)c1. The Kier molecular flexibility index (Phi) is 7.12. The van der Waals surface area contributed by atoms with Gasteiger partial charge in [0.15, 0.2) is 0 Å². The second kappa shape index (κ2) is 9.59.